The molecule has 0 bridgehead atoms. The van der Waals surface area contributed by atoms with Gasteiger partial charge in [-0.2, -0.15) is 4.98 Å². The first-order valence-electron chi connectivity index (χ1n) is 11.0. The predicted molar refractivity (Wildman–Crippen MR) is 129 cm³/mol. The number of piperazine rings is 1. The fraction of sp³-hybridized carbons (Fsp3) is 0.455. The Labute approximate surface area is 190 Å². The van der Waals surface area contributed by atoms with Gasteiger partial charge in [-0.15, -0.1) is 0 Å². The number of hydrogen-bond donors (Lipinski definition) is 2. The van der Waals surface area contributed by atoms with Gasteiger partial charge in [0.2, 0.25) is 5.95 Å². The molecule has 0 unspecified atom stereocenters. The highest BCUT2D eigenvalue weighted by Gasteiger charge is 2.24. The van der Waals surface area contributed by atoms with E-state index in [0.29, 0.717) is 42.9 Å². The Morgan fingerprint density at radius 3 is 2.47 bits per heavy atom. The van der Waals surface area contributed by atoms with Crippen LogP contribution in [0.4, 0.5) is 17.6 Å². The highest BCUT2D eigenvalue weighted by atomic mass is 32.2. The number of hydrogen-bond acceptors (Lipinski definition) is 9. The van der Waals surface area contributed by atoms with Gasteiger partial charge >= 0.3 is 0 Å². The summed E-state index contributed by atoms with van der Waals surface area (Å²) in [6.07, 6.45) is 1.57. The zero-order valence-corrected chi connectivity index (χ0v) is 19.1. The van der Waals surface area contributed by atoms with Crippen LogP contribution < -0.4 is 20.4 Å². The van der Waals surface area contributed by atoms with Gasteiger partial charge < -0.3 is 20.4 Å². The van der Waals surface area contributed by atoms with E-state index < -0.39 is 10.8 Å². The van der Waals surface area contributed by atoms with Crippen molar-refractivity contribution in [3.63, 3.8) is 0 Å². The zero-order chi connectivity index (χ0) is 21.9. The van der Waals surface area contributed by atoms with Crippen LogP contribution in [0.2, 0.25) is 0 Å². The molecule has 0 amide bonds. The molecule has 5 rings (SSSR count). The number of fused-ring (bicyclic) bond motifs is 1. The molecule has 2 N–H and O–H groups in total. The Balaban J connectivity index is 1.53. The van der Waals surface area contributed by atoms with E-state index in [9.17, 15) is 4.21 Å². The molecule has 0 atom stereocenters. The normalized spacial score (nSPS) is 17.7. The second kappa shape index (κ2) is 9.33. The quantitative estimate of drug-likeness (QED) is 0.594. The van der Waals surface area contributed by atoms with Crippen molar-refractivity contribution in [1.82, 2.24) is 25.3 Å². The SMILES string of the molecule is Cc1ccc(CNc2ncnc3c(N4CCS(=O)CC4)nc(N4CCNCC4)nc23)cc1. The molecule has 2 fully saturated rings. The first kappa shape index (κ1) is 21.0. The summed E-state index contributed by atoms with van der Waals surface area (Å²) in [5.74, 6) is 3.52. The lowest BCUT2D eigenvalue weighted by atomic mass is 10.1. The van der Waals surface area contributed by atoms with Crippen molar-refractivity contribution < 1.29 is 4.21 Å². The van der Waals surface area contributed by atoms with E-state index in [1.807, 2.05) is 0 Å². The number of nitrogens with zero attached hydrogens (tertiary/aromatic N) is 6. The van der Waals surface area contributed by atoms with E-state index in [1.165, 1.54) is 11.1 Å². The highest BCUT2D eigenvalue weighted by Crippen LogP contribution is 2.29. The maximum atomic E-state index is 11.9. The van der Waals surface area contributed by atoms with Crippen LogP contribution in [0, 0.1) is 6.92 Å². The standard InChI is InChI=1S/C22H28N8OS/c1-16-2-4-17(5-3-16)14-24-20-18-19(25-15-26-20)21(29-10-12-32(31)13-11-29)28-22(27-18)30-8-6-23-7-9-30/h2-5,15,23H,6-14H2,1H3,(H,24,25,26). The van der Waals surface area contributed by atoms with E-state index in [2.05, 4.69) is 61.6 Å². The summed E-state index contributed by atoms with van der Waals surface area (Å²) in [7, 11) is -0.757. The number of aromatic nitrogens is 4. The van der Waals surface area contributed by atoms with Crippen molar-refractivity contribution in [2.45, 2.75) is 13.5 Å². The number of aryl methyl sites for hydroxylation is 1. The predicted octanol–water partition coefficient (Wildman–Crippen LogP) is 1.32. The topological polar surface area (TPSA) is 99.2 Å². The Morgan fingerprint density at radius 2 is 1.72 bits per heavy atom. The van der Waals surface area contributed by atoms with Crippen LogP contribution in [0.25, 0.3) is 11.0 Å². The van der Waals surface area contributed by atoms with Gasteiger partial charge in [0.25, 0.3) is 0 Å². The van der Waals surface area contributed by atoms with Gasteiger partial charge in [-0.3, -0.25) is 4.21 Å². The van der Waals surface area contributed by atoms with Gasteiger partial charge in [-0.05, 0) is 12.5 Å². The summed E-state index contributed by atoms with van der Waals surface area (Å²) < 4.78 is 11.9. The van der Waals surface area contributed by atoms with Crippen molar-refractivity contribution in [2.75, 3.05) is 65.9 Å². The average Bonchev–Trinajstić information content (AvgIpc) is 2.84. The molecule has 2 aliphatic rings. The zero-order valence-electron chi connectivity index (χ0n) is 18.3. The lowest BCUT2D eigenvalue weighted by Gasteiger charge is -2.31. The van der Waals surface area contributed by atoms with Crippen LogP contribution in [0.3, 0.4) is 0 Å². The molecule has 3 aromatic rings. The van der Waals surface area contributed by atoms with E-state index >= 15 is 0 Å². The molecule has 168 valence electrons. The largest absolute Gasteiger partial charge is 0.364 e. The second-order valence-electron chi connectivity index (χ2n) is 8.18. The maximum Gasteiger partial charge on any atom is 0.228 e. The van der Waals surface area contributed by atoms with Crippen LogP contribution in [-0.2, 0) is 17.3 Å². The molecular formula is C22H28N8OS. The Bertz CT molecular complexity index is 1110. The van der Waals surface area contributed by atoms with E-state index in [-0.39, 0.29) is 0 Å². The fourth-order valence-electron chi connectivity index (χ4n) is 4.02. The van der Waals surface area contributed by atoms with Crippen LogP contribution in [-0.4, -0.2) is 74.9 Å². The lowest BCUT2D eigenvalue weighted by molar-refractivity contribution is 0.580. The number of nitrogens with one attached hydrogen (secondary N) is 2. The third kappa shape index (κ3) is 4.51. The van der Waals surface area contributed by atoms with Gasteiger partial charge in [0.05, 0.1) is 0 Å². The van der Waals surface area contributed by atoms with Crippen molar-refractivity contribution in [1.29, 1.82) is 0 Å². The monoisotopic (exact) mass is 452 g/mol. The molecule has 0 radical (unpaired) electrons. The fourth-order valence-corrected chi connectivity index (χ4v) is 5.07. The minimum atomic E-state index is -0.757. The van der Waals surface area contributed by atoms with Gasteiger partial charge in [-0.1, -0.05) is 29.8 Å². The molecule has 9 nitrogen and oxygen atoms in total. The Hall–Kier alpha value is -2.85. The minimum Gasteiger partial charge on any atom is -0.364 e. The Morgan fingerprint density at radius 1 is 0.969 bits per heavy atom. The summed E-state index contributed by atoms with van der Waals surface area (Å²) in [6.45, 7) is 7.67. The van der Waals surface area contributed by atoms with Crippen molar-refractivity contribution >= 4 is 39.4 Å². The van der Waals surface area contributed by atoms with E-state index in [0.717, 1.165) is 43.0 Å². The molecule has 32 heavy (non-hydrogen) atoms. The third-order valence-corrected chi connectivity index (χ3v) is 7.19. The average molecular weight is 453 g/mol. The molecule has 0 spiro atoms. The van der Waals surface area contributed by atoms with Crippen molar-refractivity contribution in [3.8, 4) is 0 Å². The van der Waals surface area contributed by atoms with Crippen LogP contribution >= 0.6 is 0 Å². The molecule has 2 saturated heterocycles. The minimum absolute atomic E-state index is 0.650. The van der Waals surface area contributed by atoms with Crippen LogP contribution in [0.1, 0.15) is 11.1 Å². The van der Waals surface area contributed by atoms with Gasteiger partial charge in [0.15, 0.2) is 11.6 Å². The number of benzene rings is 1. The summed E-state index contributed by atoms with van der Waals surface area (Å²) >= 11 is 0. The first-order chi connectivity index (χ1) is 15.7. The molecule has 2 aliphatic heterocycles. The molecule has 0 saturated carbocycles. The van der Waals surface area contributed by atoms with Crippen molar-refractivity contribution in [2.24, 2.45) is 0 Å². The summed E-state index contributed by atoms with van der Waals surface area (Å²) in [6, 6.07) is 8.45. The summed E-state index contributed by atoms with van der Waals surface area (Å²) in [4.78, 5) is 23.3. The van der Waals surface area contributed by atoms with E-state index in [4.69, 9.17) is 9.97 Å². The molecule has 4 heterocycles. The molecule has 1 aromatic carbocycles. The van der Waals surface area contributed by atoms with Gasteiger partial charge in [-0.25, -0.2) is 15.0 Å². The second-order valence-corrected chi connectivity index (χ2v) is 9.87. The van der Waals surface area contributed by atoms with E-state index in [1.54, 1.807) is 6.33 Å². The van der Waals surface area contributed by atoms with Gasteiger partial charge in [0, 0.05) is 68.1 Å². The maximum absolute atomic E-state index is 11.9. The highest BCUT2D eigenvalue weighted by molar-refractivity contribution is 7.85. The summed E-state index contributed by atoms with van der Waals surface area (Å²) in [5.41, 5.74) is 3.88. The summed E-state index contributed by atoms with van der Waals surface area (Å²) in [5, 5.41) is 6.83. The third-order valence-electron chi connectivity index (χ3n) is 5.91. The molecular weight excluding hydrogens is 424 g/mol. The number of rotatable bonds is 5. The molecule has 0 aliphatic carbocycles. The Kier molecular flexibility index (Phi) is 6.13. The van der Waals surface area contributed by atoms with Crippen LogP contribution in [0.15, 0.2) is 30.6 Å². The van der Waals surface area contributed by atoms with Crippen LogP contribution in [0.5, 0.6) is 0 Å². The van der Waals surface area contributed by atoms with Gasteiger partial charge in [0.1, 0.15) is 17.4 Å². The number of anilines is 3. The smallest absolute Gasteiger partial charge is 0.228 e. The van der Waals surface area contributed by atoms with Crippen molar-refractivity contribution in [3.05, 3.63) is 41.7 Å². The first-order valence-corrected chi connectivity index (χ1v) is 12.5. The molecule has 10 heteroatoms. The lowest BCUT2D eigenvalue weighted by Crippen LogP contribution is -2.44. The molecule has 2 aromatic heterocycles.